The van der Waals surface area contributed by atoms with E-state index in [1.165, 1.54) is 0 Å². The minimum absolute atomic E-state index is 0.0241. The van der Waals surface area contributed by atoms with Crippen molar-refractivity contribution >= 4 is 33.0 Å². The zero-order valence-electron chi connectivity index (χ0n) is 18.5. The summed E-state index contributed by atoms with van der Waals surface area (Å²) in [7, 11) is 3.27. The van der Waals surface area contributed by atoms with Crippen LogP contribution in [0.3, 0.4) is 0 Å². The summed E-state index contributed by atoms with van der Waals surface area (Å²) >= 11 is 1.54. The number of anilines is 2. The number of carbonyl (C=O) groups is 1. The third-order valence-corrected chi connectivity index (χ3v) is 6.80. The SMILES string of the molecule is COc1ccc(-c2cn3nc(N4CCC[C@@H](C(=O)Nc5cccc(OC)c5)C4)sc3n2)cc1. The van der Waals surface area contributed by atoms with Crippen LogP contribution in [0.25, 0.3) is 16.2 Å². The van der Waals surface area contributed by atoms with Gasteiger partial charge in [-0.3, -0.25) is 4.79 Å². The molecule has 5 rings (SSSR count). The molecule has 1 fully saturated rings. The van der Waals surface area contributed by atoms with E-state index in [0.29, 0.717) is 6.54 Å². The van der Waals surface area contributed by atoms with Crippen molar-refractivity contribution in [2.75, 3.05) is 37.5 Å². The molecule has 170 valence electrons. The summed E-state index contributed by atoms with van der Waals surface area (Å²) in [6, 6.07) is 15.2. The second kappa shape index (κ2) is 9.11. The largest absolute Gasteiger partial charge is 0.497 e. The van der Waals surface area contributed by atoms with Crippen molar-refractivity contribution in [1.82, 2.24) is 14.6 Å². The number of piperidine rings is 1. The molecular weight excluding hydrogens is 438 g/mol. The number of methoxy groups -OCH3 is 2. The van der Waals surface area contributed by atoms with Crippen LogP contribution in [0.15, 0.2) is 54.7 Å². The van der Waals surface area contributed by atoms with Crippen LogP contribution >= 0.6 is 11.3 Å². The van der Waals surface area contributed by atoms with Crippen LogP contribution < -0.4 is 19.7 Å². The first-order valence-electron chi connectivity index (χ1n) is 10.8. The van der Waals surface area contributed by atoms with Crippen LogP contribution in [0.2, 0.25) is 0 Å². The number of amides is 1. The molecule has 1 aliphatic heterocycles. The van der Waals surface area contributed by atoms with E-state index in [2.05, 4.69) is 10.2 Å². The number of hydrogen-bond acceptors (Lipinski definition) is 7. The van der Waals surface area contributed by atoms with Crippen LogP contribution in [-0.4, -0.2) is 47.8 Å². The van der Waals surface area contributed by atoms with Crippen molar-refractivity contribution in [3.05, 3.63) is 54.7 Å². The van der Waals surface area contributed by atoms with E-state index in [4.69, 9.17) is 19.6 Å². The molecule has 1 amide bonds. The van der Waals surface area contributed by atoms with E-state index in [0.717, 1.165) is 57.9 Å². The van der Waals surface area contributed by atoms with Crippen molar-refractivity contribution in [3.8, 4) is 22.8 Å². The lowest BCUT2D eigenvalue weighted by atomic mass is 9.97. The summed E-state index contributed by atoms with van der Waals surface area (Å²) in [5.74, 6) is 1.46. The number of aromatic nitrogens is 3. The Balaban J connectivity index is 1.28. The Kier molecular flexibility index (Phi) is 5.87. The maximum Gasteiger partial charge on any atom is 0.229 e. The van der Waals surface area contributed by atoms with Crippen LogP contribution in [-0.2, 0) is 4.79 Å². The van der Waals surface area contributed by atoms with Gasteiger partial charge in [-0.1, -0.05) is 17.4 Å². The molecule has 3 heterocycles. The molecule has 2 aromatic carbocycles. The lowest BCUT2D eigenvalue weighted by Crippen LogP contribution is -2.40. The summed E-state index contributed by atoms with van der Waals surface area (Å²) in [6.07, 6.45) is 3.74. The van der Waals surface area contributed by atoms with E-state index in [1.807, 2.05) is 59.2 Å². The second-order valence-corrected chi connectivity index (χ2v) is 8.91. The van der Waals surface area contributed by atoms with Crippen molar-refractivity contribution in [1.29, 1.82) is 0 Å². The van der Waals surface area contributed by atoms with Gasteiger partial charge >= 0.3 is 0 Å². The number of rotatable bonds is 6. The van der Waals surface area contributed by atoms with Crippen LogP contribution in [0.5, 0.6) is 11.5 Å². The molecule has 0 unspecified atom stereocenters. The molecule has 1 saturated heterocycles. The average molecular weight is 464 g/mol. The standard InChI is InChI=1S/C24H25N5O3S/c1-31-19-10-8-16(9-11-19)21-15-29-23(26-21)33-24(27-29)28-12-4-5-17(14-28)22(30)25-18-6-3-7-20(13-18)32-2/h3,6-11,13,15,17H,4-5,12,14H2,1-2H3,(H,25,30)/t17-/m1/s1. The molecule has 0 aliphatic carbocycles. The Bertz CT molecular complexity index is 1240. The highest BCUT2D eigenvalue weighted by Crippen LogP contribution is 2.30. The van der Waals surface area contributed by atoms with Gasteiger partial charge in [-0.2, -0.15) is 0 Å². The Labute approximate surface area is 195 Å². The summed E-state index contributed by atoms with van der Waals surface area (Å²) in [4.78, 5) is 20.7. The molecule has 0 spiro atoms. The number of fused-ring (bicyclic) bond motifs is 1. The zero-order chi connectivity index (χ0) is 22.8. The number of hydrogen-bond donors (Lipinski definition) is 1. The highest BCUT2D eigenvalue weighted by atomic mass is 32.1. The lowest BCUT2D eigenvalue weighted by Gasteiger charge is -2.31. The number of nitrogens with one attached hydrogen (secondary N) is 1. The van der Waals surface area contributed by atoms with Crippen molar-refractivity contribution in [2.45, 2.75) is 12.8 Å². The Morgan fingerprint density at radius 3 is 2.70 bits per heavy atom. The highest BCUT2D eigenvalue weighted by Gasteiger charge is 2.28. The number of benzene rings is 2. The molecule has 1 aliphatic rings. The van der Waals surface area contributed by atoms with E-state index in [1.54, 1.807) is 25.6 Å². The average Bonchev–Trinajstić information content (AvgIpc) is 3.44. The van der Waals surface area contributed by atoms with Gasteiger partial charge in [-0.05, 0) is 49.2 Å². The van der Waals surface area contributed by atoms with Gasteiger partial charge in [0.15, 0.2) is 0 Å². The predicted molar refractivity (Wildman–Crippen MR) is 129 cm³/mol. The number of imidazole rings is 1. The third-order valence-electron chi connectivity index (χ3n) is 5.82. The molecule has 0 radical (unpaired) electrons. The lowest BCUT2D eigenvalue weighted by molar-refractivity contribution is -0.120. The van der Waals surface area contributed by atoms with Gasteiger partial charge in [0.05, 0.1) is 32.0 Å². The van der Waals surface area contributed by atoms with E-state index in [9.17, 15) is 4.79 Å². The molecule has 4 aromatic rings. The number of carbonyl (C=O) groups excluding carboxylic acids is 1. The first-order chi connectivity index (χ1) is 16.1. The summed E-state index contributed by atoms with van der Waals surface area (Å²) < 4.78 is 12.3. The first kappa shape index (κ1) is 21.3. The summed E-state index contributed by atoms with van der Waals surface area (Å²) in [5, 5.41) is 8.65. The minimum Gasteiger partial charge on any atom is -0.497 e. The fraction of sp³-hybridized carbons (Fsp3) is 0.292. The second-order valence-electron chi connectivity index (χ2n) is 7.97. The van der Waals surface area contributed by atoms with E-state index >= 15 is 0 Å². The smallest absolute Gasteiger partial charge is 0.229 e. The van der Waals surface area contributed by atoms with Gasteiger partial charge in [0, 0.05) is 30.4 Å². The van der Waals surface area contributed by atoms with Crippen LogP contribution in [0.4, 0.5) is 10.8 Å². The predicted octanol–water partition coefficient (Wildman–Crippen LogP) is 4.33. The van der Waals surface area contributed by atoms with E-state index in [-0.39, 0.29) is 11.8 Å². The monoisotopic (exact) mass is 463 g/mol. The van der Waals surface area contributed by atoms with Gasteiger partial charge in [-0.25, -0.2) is 9.50 Å². The van der Waals surface area contributed by atoms with Crippen molar-refractivity contribution < 1.29 is 14.3 Å². The van der Waals surface area contributed by atoms with Crippen LogP contribution in [0, 0.1) is 5.92 Å². The maximum atomic E-state index is 12.9. The fourth-order valence-corrected chi connectivity index (χ4v) is 4.95. The number of ether oxygens (including phenoxy) is 2. The quantitative estimate of drug-likeness (QED) is 0.458. The summed E-state index contributed by atoms with van der Waals surface area (Å²) in [5.41, 5.74) is 2.63. The maximum absolute atomic E-state index is 12.9. The summed E-state index contributed by atoms with van der Waals surface area (Å²) in [6.45, 7) is 1.52. The van der Waals surface area contributed by atoms with Gasteiger partial charge in [0.1, 0.15) is 11.5 Å². The van der Waals surface area contributed by atoms with Gasteiger partial charge in [0.25, 0.3) is 0 Å². The molecule has 2 aromatic heterocycles. The van der Waals surface area contributed by atoms with Gasteiger partial charge < -0.3 is 19.7 Å². The fourth-order valence-electron chi connectivity index (χ4n) is 4.03. The normalized spacial score (nSPS) is 16.1. The Morgan fingerprint density at radius 1 is 1.12 bits per heavy atom. The van der Waals surface area contributed by atoms with Crippen molar-refractivity contribution in [2.24, 2.45) is 5.92 Å². The van der Waals surface area contributed by atoms with E-state index < -0.39 is 0 Å². The molecule has 0 bridgehead atoms. The third kappa shape index (κ3) is 4.49. The highest BCUT2D eigenvalue weighted by molar-refractivity contribution is 7.20. The zero-order valence-corrected chi connectivity index (χ0v) is 19.3. The van der Waals surface area contributed by atoms with Gasteiger partial charge in [0.2, 0.25) is 16.0 Å². The molecule has 1 N–H and O–H groups in total. The van der Waals surface area contributed by atoms with Crippen LogP contribution in [0.1, 0.15) is 12.8 Å². The minimum atomic E-state index is -0.101. The molecular formula is C24H25N5O3S. The molecule has 0 saturated carbocycles. The molecule has 33 heavy (non-hydrogen) atoms. The Hall–Kier alpha value is -3.59. The molecule has 1 atom stereocenters. The topological polar surface area (TPSA) is 81.0 Å². The molecule has 8 nitrogen and oxygen atoms in total. The molecule has 9 heteroatoms. The van der Waals surface area contributed by atoms with Crippen molar-refractivity contribution in [3.63, 3.8) is 0 Å². The van der Waals surface area contributed by atoms with Gasteiger partial charge in [-0.15, -0.1) is 5.10 Å². The number of nitrogens with zero attached hydrogens (tertiary/aromatic N) is 4. The first-order valence-corrected chi connectivity index (χ1v) is 11.6. The Morgan fingerprint density at radius 2 is 1.94 bits per heavy atom.